The number of benzene rings is 3. The number of halogens is 1. The normalized spacial score (nSPS) is 18.2. The van der Waals surface area contributed by atoms with Gasteiger partial charge < -0.3 is 10.1 Å². The molecule has 36 heavy (non-hydrogen) atoms. The molecule has 2 aliphatic rings. The minimum atomic E-state index is -1.24. The quantitative estimate of drug-likeness (QED) is 0.506. The maximum Gasteiger partial charge on any atom is 0.411 e. The Morgan fingerprint density at radius 1 is 1.08 bits per heavy atom. The second-order valence-corrected chi connectivity index (χ2v) is 9.67. The van der Waals surface area contributed by atoms with Crippen molar-refractivity contribution in [3.05, 3.63) is 88.2 Å². The number of hydrogen-bond acceptors (Lipinski definition) is 4. The molecule has 2 amide bonds. The fraction of sp³-hybridized carbons (Fsp3) is 0.276. The van der Waals surface area contributed by atoms with E-state index in [4.69, 9.17) is 4.74 Å². The van der Waals surface area contributed by atoms with E-state index < -0.39 is 29.5 Å². The monoisotopic (exact) mass is 486 g/mol. The minimum absolute atomic E-state index is 0.122. The molecule has 1 N–H and O–H groups in total. The summed E-state index contributed by atoms with van der Waals surface area (Å²) in [5.74, 6) is -1.26. The Morgan fingerprint density at radius 2 is 1.67 bits per heavy atom. The van der Waals surface area contributed by atoms with Crippen molar-refractivity contribution < 1.29 is 23.5 Å². The first-order valence-electron chi connectivity index (χ1n) is 11.9. The van der Waals surface area contributed by atoms with E-state index in [2.05, 4.69) is 5.32 Å². The van der Waals surface area contributed by atoms with Crippen molar-refractivity contribution in [3.63, 3.8) is 0 Å². The molecule has 0 radical (unpaired) electrons. The third-order valence-electron chi connectivity index (χ3n) is 7.55. The Morgan fingerprint density at radius 3 is 2.25 bits per heavy atom. The molecule has 184 valence electrons. The average molecular weight is 487 g/mol. The van der Waals surface area contributed by atoms with E-state index in [1.165, 1.54) is 17.9 Å². The zero-order chi connectivity index (χ0) is 25.8. The number of nitrogens with zero attached hydrogens (tertiary/aromatic N) is 1. The van der Waals surface area contributed by atoms with Crippen LogP contribution in [0.4, 0.5) is 14.9 Å². The van der Waals surface area contributed by atoms with Crippen molar-refractivity contribution in [2.75, 3.05) is 12.4 Å². The average Bonchev–Trinajstić information content (AvgIpc) is 3.17. The summed E-state index contributed by atoms with van der Waals surface area (Å²) in [5, 5.41) is 2.58. The minimum Gasteiger partial charge on any atom is -0.436 e. The van der Waals surface area contributed by atoms with Crippen LogP contribution >= 0.6 is 0 Å². The fourth-order valence-corrected chi connectivity index (χ4v) is 5.35. The van der Waals surface area contributed by atoms with Crippen molar-refractivity contribution >= 4 is 23.5 Å². The van der Waals surface area contributed by atoms with Crippen LogP contribution in [0.15, 0.2) is 54.6 Å². The molecule has 7 heteroatoms. The lowest BCUT2D eigenvalue weighted by Gasteiger charge is -2.41. The molecule has 1 atom stereocenters. The molecule has 5 rings (SSSR count). The zero-order valence-corrected chi connectivity index (χ0v) is 20.6. The molecule has 0 aliphatic heterocycles. The van der Waals surface area contributed by atoms with Crippen LogP contribution < -0.4 is 5.32 Å². The standard InChI is InChI=1S/C29H27FN2O4/c1-16-18-13-14-29(3,27(34)25(18)24(15-23(16)30)31-17(2)33)32(4)28(35)36-26-21-11-7-5-9-19(21)20-10-6-8-12-22(20)26/h5-12,15,26H,13-14H2,1-4H3,(H,31,33). The first-order chi connectivity index (χ1) is 17.1. The number of ketones is 1. The van der Waals surface area contributed by atoms with E-state index >= 15 is 0 Å². The van der Waals surface area contributed by atoms with Gasteiger partial charge in [0.2, 0.25) is 5.91 Å². The molecule has 0 saturated heterocycles. The highest BCUT2D eigenvalue weighted by molar-refractivity contribution is 6.12. The fourth-order valence-electron chi connectivity index (χ4n) is 5.35. The van der Waals surface area contributed by atoms with Crippen molar-refractivity contribution in [1.82, 2.24) is 4.90 Å². The van der Waals surface area contributed by atoms with E-state index in [0.717, 1.165) is 22.3 Å². The predicted octanol–water partition coefficient (Wildman–Crippen LogP) is 5.82. The van der Waals surface area contributed by atoms with Gasteiger partial charge in [0.1, 0.15) is 11.4 Å². The lowest BCUT2D eigenvalue weighted by Crippen LogP contribution is -2.55. The number of ether oxygens (including phenoxy) is 1. The van der Waals surface area contributed by atoms with E-state index in [9.17, 15) is 18.8 Å². The van der Waals surface area contributed by atoms with Gasteiger partial charge in [0.15, 0.2) is 11.9 Å². The molecule has 3 aromatic rings. The summed E-state index contributed by atoms with van der Waals surface area (Å²) in [6, 6.07) is 16.8. The Balaban J connectivity index is 1.48. The van der Waals surface area contributed by atoms with Crippen LogP contribution in [0.25, 0.3) is 11.1 Å². The number of likely N-dealkylation sites (N-methyl/N-ethyl adjacent to an activating group) is 1. The molecule has 0 bridgehead atoms. The third-order valence-corrected chi connectivity index (χ3v) is 7.55. The van der Waals surface area contributed by atoms with Crippen LogP contribution in [0, 0.1) is 12.7 Å². The largest absolute Gasteiger partial charge is 0.436 e. The Labute approximate surface area is 209 Å². The van der Waals surface area contributed by atoms with Gasteiger partial charge >= 0.3 is 6.09 Å². The number of nitrogens with one attached hydrogen (secondary N) is 1. The summed E-state index contributed by atoms with van der Waals surface area (Å²) in [5.41, 5.74) is 3.88. The van der Waals surface area contributed by atoms with Gasteiger partial charge in [0.25, 0.3) is 0 Å². The number of carbonyl (C=O) groups excluding carboxylic acids is 3. The summed E-state index contributed by atoms with van der Waals surface area (Å²) in [7, 11) is 1.55. The first-order valence-corrected chi connectivity index (χ1v) is 11.9. The van der Waals surface area contributed by atoms with Gasteiger partial charge in [-0.05, 0) is 55.0 Å². The highest BCUT2D eigenvalue weighted by Gasteiger charge is 2.47. The van der Waals surface area contributed by atoms with Crippen molar-refractivity contribution in [3.8, 4) is 11.1 Å². The molecular weight excluding hydrogens is 459 g/mol. The Bertz CT molecular complexity index is 1390. The number of rotatable bonds is 3. The van der Waals surface area contributed by atoms with Crippen LogP contribution in [0.5, 0.6) is 0 Å². The number of hydrogen-bond donors (Lipinski definition) is 1. The van der Waals surface area contributed by atoms with Gasteiger partial charge in [-0.25, -0.2) is 9.18 Å². The maximum absolute atomic E-state index is 14.5. The molecule has 6 nitrogen and oxygen atoms in total. The lowest BCUT2D eigenvalue weighted by atomic mass is 9.75. The highest BCUT2D eigenvalue weighted by atomic mass is 19.1. The molecule has 0 aromatic heterocycles. The second-order valence-electron chi connectivity index (χ2n) is 9.67. The third kappa shape index (κ3) is 3.58. The van der Waals surface area contributed by atoms with Crippen LogP contribution in [-0.4, -0.2) is 35.3 Å². The van der Waals surface area contributed by atoms with Crippen LogP contribution in [0.2, 0.25) is 0 Å². The van der Waals surface area contributed by atoms with Crippen molar-refractivity contribution in [2.24, 2.45) is 0 Å². The predicted molar refractivity (Wildman–Crippen MR) is 134 cm³/mol. The summed E-state index contributed by atoms with van der Waals surface area (Å²) in [6.07, 6.45) is -0.550. The van der Waals surface area contributed by atoms with Crippen molar-refractivity contribution in [1.29, 1.82) is 0 Å². The maximum atomic E-state index is 14.5. The molecule has 0 fully saturated rings. The number of carbonyl (C=O) groups is 3. The van der Waals surface area contributed by atoms with Crippen molar-refractivity contribution in [2.45, 2.75) is 45.3 Å². The molecule has 0 heterocycles. The van der Waals surface area contributed by atoms with E-state index in [0.29, 0.717) is 24.0 Å². The highest BCUT2D eigenvalue weighted by Crippen LogP contribution is 2.46. The Kier molecular flexibility index (Phi) is 5.66. The molecule has 1 unspecified atom stereocenters. The SMILES string of the molecule is CC(=O)Nc1cc(F)c(C)c2c1C(=O)C(C)(N(C)C(=O)OC1c3ccccc3-c3ccccc31)CC2. The van der Waals surface area contributed by atoms with Gasteiger partial charge in [0, 0.05) is 30.7 Å². The second kappa shape index (κ2) is 8.59. The zero-order valence-electron chi connectivity index (χ0n) is 20.6. The smallest absolute Gasteiger partial charge is 0.411 e. The number of anilines is 1. The summed E-state index contributed by atoms with van der Waals surface area (Å²) in [4.78, 5) is 40.4. The van der Waals surface area contributed by atoms with Gasteiger partial charge in [-0.3, -0.25) is 14.5 Å². The number of amides is 2. The summed E-state index contributed by atoms with van der Waals surface area (Å²) in [6.45, 7) is 4.61. The Hall–Kier alpha value is -4.00. The van der Waals surface area contributed by atoms with Gasteiger partial charge in [-0.1, -0.05) is 48.5 Å². The van der Waals surface area contributed by atoms with E-state index in [-0.39, 0.29) is 17.0 Å². The van der Waals surface area contributed by atoms with Gasteiger partial charge in [-0.15, -0.1) is 0 Å². The first kappa shape index (κ1) is 23.7. The van der Waals surface area contributed by atoms with Gasteiger partial charge in [0.05, 0.1) is 5.69 Å². The number of fused-ring (bicyclic) bond motifs is 4. The topological polar surface area (TPSA) is 75.7 Å². The molecule has 0 saturated carbocycles. The van der Waals surface area contributed by atoms with Crippen LogP contribution in [0.1, 0.15) is 59.0 Å². The molecule has 0 spiro atoms. The lowest BCUT2D eigenvalue weighted by molar-refractivity contribution is -0.114. The van der Waals surface area contributed by atoms with E-state index in [1.54, 1.807) is 20.9 Å². The summed E-state index contributed by atoms with van der Waals surface area (Å²) < 4.78 is 20.6. The number of Topliss-reactive ketones (excluding diaryl/α,β-unsaturated/α-hetero) is 1. The van der Waals surface area contributed by atoms with Crippen LogP contribution in [0.3, 0.4) is 0 Å². The molecular formula is C29H27FN2O4. The van der Waals surface area contributed by atoms with E-state index in [1.807, 2.05) is 48.5 Å². The molecule has 3 aromatic carbocycles. The molecule has 2 aliphatic carbocycles. The summed E-state index contributed by atoms with van der Waals surface area (Å²) >= 11 is 0. The van der Waals surface area contributed by atoms with Gasteiger partial charge in [-0.2, -0.15) is 0 Å². The van der Waals surface area contributed by atoms with Crippen LogP contribution in [-0.2, 0) is 16.0 Å².